The Bertz CT molecular complexity index is 673. The number of carbonyl (C=O) groups excluding carboxylic acids is 4. The van der Waals surface area contributed by atoms with E-state index in [1.807, 2.05) is 12.5 Å². The third-order valence-corrected chi connectivity index (χ3v) is 5.95. The van der Waals surface area contributed by atoms with E-state index in [4.69, 9.17) is 31.2 Å². The van der Waals surface area contributed by atoms with Gasteiger partial charge in [-0.2, -0.15) is 23.5 Å². The van der Waals surface area contributed by atoms with Crippen LogP contribution in [0.5, 0.6) is 0 Å². The first-order valence-corrected chi connectivity index (χ1v) is 15.2. The van der Waals surface area contributed by atoms with Gasteiger partial charge >= 0.3 is 11.9 Å². The number of nitrogens with zero attached hydrogens (tertiary/aromatic N) is 2. The van der Waals surface area contributed by atoms with Crippen molar-refractivity contribution in [2.75, 3.05) is 92.6 Å². The number of esters is 2. The van der Waals surface area contributed by atoms with Crippen LogP contribution in [0.3, 0.4) is 0 Å². The van der Waals surface area contributed by atoms with Gasteiger partial charge in [0.15, 0.2) is 0 Å². The summed E-state index contributed by atoms with van der Waals surface area (Å²) in [6.07, 6.45) is 0.481. The summed E-state index contributed by atoms with van der Waals surface area (Å²) in [7, 11) is 12.3. The molecule has 0 radical (unpaired) electrons. The monoisotopic (exact) mass is 618 g/mol. The molecule has 0 rings (SSSR count). The molecule has 16 heteroatoms. The second-order valence-electron chi connectivity index (χ2n) is 10.7. The van der Waals surface area contributed by atoms with Gasteiger partial charge in [-0.1, -0.05) is 0 Å². The molecule has 4 atom stereocenters. The molecule has 0 heterocycles. The predicted octanol–water partition coefficient (Wildman–Crippen LogP) is -4.16. The Morgan fingerprint density at radius 2 is 0.975 bits per heavy atom. The van der Waals surface area contributed by atoms with Crippen molar-refractivity contribution in [3.05, 3.63) is 0 Å². The number of hydrogen-bond donors (Lipinski definition) is 4. The second kappa shape index (κ2) is 23.0. The molecule has 40 heavy (non-hydrogen) atoms. The number of hydrogen-bond acceptors (Lipinski definition) is 14. The maximum Gasteiger partial charge on any atom is 0.323 e. The van der Waals surface area contributed by atoms with E-state index in [0.29, 0.717) is 26.1 Å². The fourth-order valence-electron chi connectivity index (χ4n) is 2.04. The first-order valence-electron chi connectivity index (χ1n) is 12.4. The lowest BCUT2D eigenvalue weighted by Crippen LogP contribution is -2.51. The van der Waals surface area contributed by atoms with E-state index < -0.39 is 36.2 Å². The molecular formula is C24H50N4O10S2. The topological polar surface area (TPSA) is 225 Å². The summed E-state index contributed by atoms with van der Waals surface area (Å²) in [5.74, 6) is -2.89. The molecule has 0 saturated carbocycles. The summed E-state index contributed by atoms with van der Waals surface area (Å²) in [5, 5.41) is 35.7. The Balaban J connectivity index is -0.000000525. The van der Waals surface area contributed by atoms with Crippen molar-refractivity contribution in [1.29, 1.82) is 0 Å². The molecule has 0 aliphatic rings. The smallest absolute Gasteiger partial charge is 0.323 e. The first-order chi connectivity index (χ1) is 18.2. The lowest BCUT2D eigenvalue weighted by atomic mass is 10.2. The zero-order valence-electron chi connectivity index (χ0n) is 25.0. The normalized spacial score (nSPS) is 14.2. The lowest BCUT2D eigenvalue weighted by Gasteiger charge is -2.23. The molecule has 0 spiro atoms. The number of carboxylic acid groups (broad SMARTS) is 2. The molecule has 0 bridgehead atoms. The van der Waals surface area contributed by atoms with E-state index in [-0.39, 0.29) is 11.9 Å². The Morgan fingerprint density at radius 3 is 1.18 bits per heavy atom. The van der Waals surface area contributed by atoms with Crippen LogP contribution in [0.25, 0.3) is 0 Å². The fourth-order valence-corrected chi connectivity index (χ4v) is 3.02. The van der Waals surface area contributed by atoms with Gasteiger partial charge in [-0.15, -0.1) is 0 Å². The molecule has 0 amide bonds. The molecule has 0 saturated heterocycles. The SMILES string of the molecule is CSCC[C@H](N)C(=O)OCC[N+](C)(C)C.CSCC[C@H](N)C(=O)OCC[N+](C)(C)C.O=C([O-])[C@H](O)[C@@H](O)C(=O)[O-]. The minimum Gasteiger partial charge on any atom is -0.547 e. The second-order valence-corrected chi connectivity index (χ2v) is 12.6. The summed E-state index contributed by atoms with van der Waals surface area (Å²) < 4.78 is 11.7. The van der Waals surface area contributed by atoms with Crippen LogP contribution in [0.15, 0.2) is 0 Å². The van der Waals surface area contributed by atoms with E-state index in [2.05, 4.69) is 42.3 Å². The van der Waals surface area contributed by atoms with Crippen molar-refractivity contribution in [3.8, 4) is 0 Å². The Hall–Kier alpha value is -1.66. The number of rotatable bonds is 17. The highest BCUT2D eigenvalue weighted by atomic mass is 32.2. The molecule has 0 aromatic rings. The Labute approximate surface area is 246 Å². The standard InChI is InChI=1S/2C10H23N2O2S.C4H6O6/c2*1-12(2,3)6-7-14-10(13)9(11)5-8-15-4;5-1(3(7)8)2(6)4(9)10/h2*9H,5-8,11H2,1-4H3;1-2,5-6H,(H,7,8)(H,9,10)/q2*+1;/p-2/t2*9-;1-,2-/m001/s1. The average Bonchev–Trinajstić information content (AvgIpc) is 2.83. The maximum absolute atomic E-state index is 11.4. The molecule has 0 fully saturated rings. The van der Waals surface area contributed by atoms with Gasteiger partial charge in [-0.25, -0.2) is 0 Å². The van der Waals surface area contributed by atoms with Gasteiger partial charge in [0.05, 0.1) is 54.2 Å². The van der Waals surface area contributed by atoms with Crippen LogP contribution in [0.2, 0.25) is 0 Å². The fraction of sp³-hybridized carbons (Fsp3) is 0.833. The van der Waals surface area contributed by atoms with Crippen LogP contribution in [-0.4, -0.2) is 160 Å². The van der Waals surface area contributed by atoms with E-state index in [1.54, 1.807) is 23.5 Å². The van der Waals surface area contributed by atoms with Crippen LogP contribution in [0, 0.1) is 0 Å². The van der Waals surface area contributed by atoms with Gasteiger partial charge in [0.25, 0.3) is 0 Å². The number of likely N-dealkylation sites (N-methyl/N-ethyl adjacent to an activating group) is 2. The first kappa shape index (κ1) is 42.8. The van der Waals surface area contributed by atoms with Gasteiger partial charge in [0.2, 0.25) is 0 Å². The minimum atomic E-state index is -2.44. The summed E-state index contributed by atoms with van der Waals surface area (Å²) in [4.78, 5) is 42.0. The lowest BCUT2D eigenvalue weighted by molar-refractivity contribution is -0.870. The van der Waals surface area contributed by atoms with Crippen LogP contribution in [0.4, 0.5) is 0 Å². The number of ether oxygens (including phenoxy) is 2. The van der Waals surface area contributed by atoms with Crippen molar-refractivity contribution in [3.63, 3.8) is 0 Å². The number of nitrogens with two attached hydrogens (primary N) is 2. The number of aliphatic carboxylic acids is 2. The predicted molar refractivity (Wildman–Crippen MR) is 152 cm³/mol. The van der Waals surface area contributed by atoms with Gasteiger partial charge in [0, 0.05) is 0 Å². The number of quaternary nitrogens is 2. The maximum atomic E-state index is 11.4. The molecule has 0 aromatic carbocycles. The molecule has 0 aromatic heterocycles. The molecule has 0 unspecified atom stereocenters. The summed E-state index contributed by atoms with van der Waals surface area (Å²) in [6, 6.07) is -0.935. The van der Waals surface area contributed by atoms with Gasteiger partial charge in [-0.05, 0) is 36.9 Å². The Kier molecular flexibility index (Phi) is 24.6. The van der Waals surface area contributed by atoms with Crippen molar-refractivity contribution in [1.82, 2.24) is 0 Å². The number of carbonyl (C=O) groups is 4. The third kappa shape index (κ3) is 27.9. The highest BCUT2D eigenvalue weighted by molar-refractivity contribution is 7.98. The molecular weight excluding hydrogens is 568 g/mol. The van der Waals surface area contributed by atoms with E-state index in [0.717, 1.165) is 33.6 Å². The minimum absolute atomic E-state index is 0.280. The quantitative estimate of drug-likeness (QED) is 0.0897. The number of aliphatic hydroxyl groups excluding tert-OH is 2. The zero-order chi connectivity index (χ0) is 32.1. The zero-order valence-corrected chi connectivity index (χ0v) is 26.6. The molecule has 238 valence electrons. The summed E-state index contributed by atoms with van der Waals surface area (Å²) in [5.41, 5.74) is 11.3. The van der Waals surface area contributed by atoms with Gasteiger partial charge in [-0.3, -0.25) is 9.59 Å². The van der Waals surface area contributed by atoms with Crippen molar-refractivity contribution >= 4 is 47.4 Å². The van der Waals surface area contributed by atoms with Crippen molar-refractivity contribution in [2.45, 2.75) is 37.1 Å². The summed E-state index contributed by atoms with van der Waals surface area (Å²) in [6.45, 7) is 2.49. The highest BCUT2D eigenvalue weighted by Gasteiger charge is 2.18. The average molecular weight is 619 g/mol. The van der Waals surface area contributed by atoms with Crippen LogP contribution >= 0.6 is 23.5 Å². The largest absolute Gasteiger partial charge is 0.547 e. The Morgan fingerprint density at radius 1 is 0.700 bits per heavy atom. The molecule has 0 aliphatic carbocycles. The van der Waals surface area contributed by atoms with Crippen molar-refractivity contribution < 1.29 is 58.0 Å². The van der Waals surface area contributed by atoms with Gasteiger partial charge in [0.1, 0.15) is 50.6 Å². The van der Waals surface area contributed by atoms with Crippen molar-refractivity contribution in [2.24, 2.45) is 11.5 Å². The van der Waals surface area contributed by atoms with Crippen LogP contribution < -0.4 is 21.7 Å². The third-order valence-electron chi connectivity index (χ3n) is 4.67. The van der Waals surface area contributed by atoms with E-state index >= 15 is 0 Å². The molecule has 6 N–H and O–H groups in total. The van der Waals surface area contributed by atoms with Crippen LogP contribution in [0.1, 0.15) is 12.8 Å². The summed E-state index contributed by atoms with van der Waals surface area (Å²) >= 11 is 3.37. The molecule has 14 nitrogen and oxygen atoms in total. The number of aliphatic hydroxyl groups is 2. The molecule has 0 aliphatic heterocycles. The number of thioether (sulfide) groups is 2. The van der Waals surface area contributed by atoms with E-state index in [9.17, 15) is 29.4 Å². The highest BCUT2D eigenvalue weighted by Crippen LogP contribution is 2.02. The van der Waals surface area contributed by atoms with E-state index in [1.165, 1.54) is 0 Å². The number of carboxylic acids is 2. The van der Waals surface area contributed by atoms with Crippen LogP contribution in [-0.2, 0) is 28.7 Å². The van der Waals surface area contributed by atoms with Gasteiger partial charge < -0.3 is 59.9 Å².